The van der Waals surface area contributed by atoms with Crippen molar-refractivity contribution in [2.24, 2.45) is 4.99 Å². The maximum absolute atomic E-state index is 13.4. The Hall–Kier alpha value is -3.41. The highest BCUT2D eigenvalue weighted by molar-refractivity contribution is 7.90. The van der Waals surface area contributed by atoms with Crippen LogP contribution in [0.5, 0.6) is 0 Å². The number of aliphatic imine (C=N–C) groups is 1. The van der Waals surface area contributed by atoms with Gasteiger partial charge in [-0.05, 0) is 49.2 Å². The number of amidine groups is 1. The average Bonchev–Trinajstić information content (AvgIpc) is 2.95. The van der Waals surface area contributed by atoms with Gasteiger partial charge in [0.1, 0.15) is 12.4 Å². The number of fused-ring (bicyclic) bond motifs is 1. The summed E-state index contributed by atoms with van der Waals surface area (Å²) in [4.78, 5) is 20.4. The van der Waals surface area contributed by atoms with Crippen molar-refractivity contribution in [3.63, 3.8) is 0 Å². The van der Waals surface area contributed by atoms with E-state index in [9.17, 15) is 26.4 Å². The molecule has 3 aromatic rings. The van der Waals surface area contributed by atoms with Crippen LogP contribution in [0.1, 0.15) is 31.5 Å². The number of nitrogens with zero attached hydrogens (tertiary/aromatic N) is 3. The first-order chi connectivity index (χ1) is 16.1. The lowest BCUT2D eigenvalue weighted by Crippen LogP contribution is -2.30. The number of carbonyl (C=O) groups excluding carboxylic acids is 1. The van der Waals surface area contributed by atoms with Gasteiger partial charge >= 0.3 is 6.18 Å². The summed E-state index contributed by atoms with van der Waals surface area (Å²) in [6, 6.07) is 11.4. The first kappa shape index (κ1) is 23.7. The SMILES string of the molecule is O=C(Cn1c(C(F)(F)F)nc2ccccc21)Nc1ccc(S(=O)(=O)NC2=NCCCCC2)cc1. The number of aromatic nitrogens is 2. The predicted molar refractivity (Wildman–Crippen MR) is 121 cm³/mol. The second-order valence-electron chi connectivity index (χ2n) is 7.83. The van der Waals surface area contributed by atoms with Crippen LogP contribution in [0.15, 0.2) is 58.4 Å². The van der Waals surface area contributed by atoms with Gasteiger partial charge in [0, 0.05) is 18.7 Å². The molecule has 2 N–H and O–H groups in total. The lowest BCUT2D eigenvalue weighted by Gasteiger charge is -2.12. The highest BCUT2D eigenvalue weighted by atomic mass is 32.2. The van der Waals surface area contributed by atoms with Gasteiger partial charge in [0.15, 0.2) is 0 Å². The molecule has 0 atom stereocenters. The number of benzene rings is 2. The van der Waals surface area contributed by atoms with Crippen molar-refractivity contribution in [3.8, 4) is 0 Å². The van der Waals surface area contributed by atoms with Crippen molar-refractivity contribution in [1.82, 2.24) is 14.3 Å². The average molecular weight is 494 g/mol. The molecule has 0 aliphatic carbocycles. The van der Waals surface area contributed by atoms with E-state index in [2.05, 4.69) is 20.0 Å². The zero-order valence-electron chi connectivity index (χ0n) is 18.0. The van der Waals surface area contributed by atoms with Crippen molar-refractivity contribution < 1.29 is 26.4 Å². The molecule has 12 heteroatoms. The third-order valence-electron chi connectivity index (χ3n) is 5.28. The van der Waals surface area contributed by atoms with Crippen LogP contribution < -0.4 is 10.0 Å². The summed E-state index contributed by atoms with van der Waals surface area (Å²) in [6.07, 6.45) is -1.42. The third kappa shape index (κ3) is 5.38. The summed E-state index contributed by atoms with van der Waals surface area (Å²) in [5.74, 6) is -1.46. The molecule has 0 bridgehead atoms. The molecule has 1 aromatic heterocycles. The van der Waals surface area contributed by atoms with Gasteiger partial charge in [0.25, 0.3) is 10.0 Å². The van der Waals surface area contributed by atoms with Crippen molar-refractivity contribution in [2.75, 3.05) is 11.9 Å². The Morgan fingerprint density at radius 3 is 2.50 bits per heavy atom. The monoisotopic (exact) mass is 493 g/mol. The Labute approximate surface area is 194 Å². The molecule has 8 nitrogen and oxygen atoms in total. The standard InChI is InChI=1S/C22H22F3N5O3S/c23-22(24,25)21-28-17-6-3-4-7-18(17)30(21)14-20(31)27-15-9-11-16(12-10-15)34(32,33)29-19-8-2-1-5-13-26-19/h3-4,6-7,9-12H,1-2,5,8,13-14H2,(H,26,29)(H,27,31). The molecular formula is C22H22F3N5O3S. The number of rotatable bonds is 5. The topological polar surface area (TPSA) is 105 Å². The van der Waals surface area contributed by atoms with E-state index in [-0.39, 0.29) is 21.6 Å². The van der Waals surface area contributed by atoms with E-state index in [0.717, 1.165) is 23.8 Å². The Kier molecular flexibility index (Phi) is 6.60. The first-order valence-corrected chi connectivity index (χ1v) is 12.1. The van der Waals surface area contributed by atoms with E-state index >= 15 is 0 Å². The van der Waals surface area contributed by atoms with E-state index in [1.807, 2.05) is 0 Å². The summed E-state index contributed by atoms with van der Waals surface area (Å²) >= 11 is 0. The van der Waals surface area contributed by atoms with Crippen molar-refractivity contribution in [1.29, 1.82) is 0 Å². The normalized spacial score (nSPS) is 15.0. The zero-order valence-corrected chi connectivity index (χ0v) is 18.8. The fraction of sp³-hybridized carbons (Fsp3) is 0.318. The predicted octanol–water partition coefficient (Wildman–Crippen LogP) is 3.94. The number of amides is 1. The quantitative estimate of drug-likeness (QED) is 0.562. The van der Waals surface area contributed by atoms with Crippen molar-refractivity contribution >= 4 is 38.5 Å². The number of carbonyl (C=O) groups is 1. The number of hydrogen-bond donors (Lipinski definition) is 2. The molecule has 4 rings (SSSR count). The van der Waals surface area contributed by atoms with Crippen LogP contribution in [0, 0.1) is 0 Å². The molecule has 0 unspecified atom stereocenters. The number of alkyl halides is 3. The summed E-state index contributed by atoms with van der Waals surface area (Å²) in [5, 5.41) is 2.50. The first-order valence-electron chi connectivity index (χ1n) is 10.6. The number of imidazole rings is 1. The maximum Gasteiger partial charge on any atom is 0.449 e. The third-order valence-corrected chi connectivity index (χ3v) is 6.68. The molecule has 0 radical (unpaired) electrons. The van der Waals surface area contributed by atoms with Gasteiger partial charge in [-0.1, -0.05) is 18.6 Å². The van der Waals surface area contributed by atoms with E-state index < -0.39 is 34.5 Å². The number of sulfonamides is 1. The van der Waals surface area contributed by atoms with E-state index in [0.29, 0.717) is 18.8 Å². The molecule has 0 saturated heterocycles. The summed E-state index contributed by atoms with van der Waals surface area (Å²) in [7, 11) is -3.84. The second kappa shape index (κ2) is 9.45. The minimum Gasteiger partial charge on any atom is -0.325 e. The largest absolute Gasteiger partial charge is 0.449 e. The van der Waals surface area contributed by atoms with Crippen LogP contribution in [0.2, 0.25) is 0 Å². The molecular weight excluding hydrogens is 471 g/mol. The molecule has 2 aromatic carbocycles. The van der Waals surface area contributed by atoms with Gasteiger partial charge in [-0.3, -0.25) is 14.5 Å². The Bertz CT molecular complexity index is 1330. The van der Waals surface area contributed by atoms with Gasteiger partial charge in [-0.25, -0.2) is 13.4 Å². The smallest absolute Gasteiger partial charge is 0.325 e. The van der Waals surface area contributed by atoms with Crippen LogP contribution >= 0.6 is 0 Å². The molecule has 180 valence electrons. The lowest BCUT2D eigenvalue weighted by molar-refractivity contribution is -0.147. The molecule has 1 amide bonds. The van der Waals surface area contributed by atoms with Crippen LogP contribution in [0.4, 0.5) is 18.9 Å². The number of anilines is 1. The van der Waals surface area contributed by atoms with Gasteiger partial charge in [-0.15, -0.1) is 0 Å². The number of hydrogen-bond acceptors (Lipinski definition) is 5. The molecule has 34 heavy (non-hydrogen) atoms. The zero-order chi connectivity index (χ0) is 24.3. The Morgan fingerprint density at radius 2 is 1.76 bits per heavy atom. The van der Waals surface area contributed by atoms with Crippen molar-refractivity contribution in [3.05, 3.63) is 54.4 Å². The van der Waals surface area contributed by atoms with Crippen LogP contribution in [0.25, 0.3) is 11.0 Å². The van der Waals surface area contributed by atoms with Gasteiger partial charge in [0.2, 0.25) is 11.7 Å². The molecule has 1 aliphatic heterocycles. The van der Waals surface area contributed by atoms with Gasteiger partial charge in [-0.2, -0.15) is 13.2 Å². The van der Waals surface area contributed by atoms with Gasteiger partial charge in [0.05, 0.1) is 15.9 Å². The molecule has 0 saturated carbocycles. The molecule has 1 aliphatic rings. The molecule has 2 heterocycles. The van der Waals surface area contributed by atoms with E-state index in [4.69, 9.17) is 0 Å². The van der Waals surface area contributed by atoms with Gasteiger partial charge < -0.3 is 9.88 Å². The van der Waals surface area contributed by atoms with Crippen molar-refractivity contribution in [2.45, 2.75) is 43.3 Å². The lowest BCUT2D eigenvalue weighted by atomic mass is 10.2. The fourth-order valence-electron chi connectivity index (χ4n) is 3.68. The fourth-order valence-corrected chi connectivity index (χ4v) is 4.77. The van der Waals surface area contributed by atoms with E-state index in [1.54, 1.807) is 12.1 Å². The minimum absolute atomic E-state index is 0.0163. The minimum atomic E-state index is -4.73. The van der Waals surface area contributed by atoms with Crippen LogP contribution in [0.3, 0.4) is 0 Å². The highest BCUT2D eigenvalue weighted by Gasteiger charge is 2.38. The Balaban J connectivity index is 1.47. The van der Waals surface area contributed by atoms with E-state index in [1.165, 1.54) is 36.4 Å². The Morgan fingerprint density at radius 1 is 1.03 bits per heavy atom. The number of halogens is 3. The van der Waals surface area contributed by atoms with Crippen LogP contribution in [-0.2, 0) is 27.5 Å². The highest BCUT2D eigenvalue weighted by Crippen LogP contribution is 2.31. The number of para-hydroxylation sites is 2. The summed E-state index contributed by atoms with van der Waals surface area (Å²) < 4.78 is 68.8. The molecule has 0 spiro atoms. The summed E-state index contributed by atoms with van der Waals surface area (Å²) in [6.45, 7) is -0.0398. The van der Waals surface area contributed by atoms with Crippen LogP contribution in [-0.4, -0.2) is 36.3 Å². The second-order valence-corrected chi connectivity index (χ2v) is 9.51. The maximum atomic E-state index is 13.4. The summed E-state index contributed by atoms with van der Waals surface area (Å²) in [5.41, 5.74) is 0.551. The number of nitrogens with one attached hydrogen (secondary N) is 2. The molecule has 0 fully saturated rings.